The van der Waals surface area contributed by atoms with E-state index in [9.17, 15) is 14.9 Å². The summed E-state index contributed by atoms with van der Waals surface area (Å²) >= 11 is 5.64. The lowest BCUT2D eigenvalue weighted by molar-refractivity contribution is -0.384. The van der Waals surface area contributed by atoms with Crippen molar-refractivity contribution in [3.05, 3.63) is 33.3 Å². The average Bonchev–Trinajstić information content (AvgIpc) is 2.30. The molecule has 0 spiro atoms. The second-order valence-electron chi connectivity index (χ2n) is 3.29. The first kappa shape index (κ1) is 13.4. The lowest BCUT2D eigenvalue weighted by atomic mass is 10.2. The van der Waals surface area contributed by atoms with Crippen LogP contribution in [0.15, 0.2) is 18.2 Å². The monoisotopic (exact) mass is 258 g/mol. The van der Waals surface area contributed by atoms with E-state index < -0.39 is 11.0 Å². The van der Waals surface area contributed by atoms with E-state index in [2.05, 4.69) is 5.32 Å². The minimum atomic E-state index is -0.635. The number of rotatable bonds is 4. The van der Waals surface area contributed by atoms with Gasteiger partial charge in [0.2, 0.25) is 0 Å². The van der Waals surface area contributed by atoms with E-state index in [0.29, 0.717) is 5.69 Å². The summed E-state index contributed by atoms with van der Waals surface area (Å²) in [4.78, 5) is 21.5. The van der Waals surface area contributed by atoms with E-state index in [1.54, 1.807) is 6.92 Å². The van der Waals surface area contributed by atoms with Gasteiger partial charge in [-0.2, -0.15) is 0 Å². The Balaban J connectivity index is 2.90. The molecule has 1 N–H and O–H groups in total. The second-order valence-corrected chi connectivity index (χ2v) is 3.70. The summed E-state index contributed by atoms with van der Waals surface area (Å²) < 4.78 is 4.81. The van der Waals surface area contributed by atoms with Crippen LogP contribution in [0.5, 0.6) is 0 Å². The number of methoxy groups -OCH3 is 1. The molecule has 1 aromatic carbocycles. The fourth-order valence-corrected chi connectivity index (χ4v) is 1.27. The SMILES string of the molecule is COC(C)C(=O)Nc1ccc(Cl)c([N+](=O)[O-])c1. The predicted octanol–water partition coefficient (Wildman–Crippen LogP) is 2.22. The van der Waals surface area contributed by atoms with E-state index in [0.717, 1.165) is 0 Å². The van der Waals surface area contributed by atoms with Gasteiger partial charge in [-0.25, -0.2) is 0 Å². The molecule has 92 valence electrons. The molecule has 0 aliphatic carbocycles. The zero-order chi connectivity index (χ0) is 13.0. The molecule has 7 heteroatoms. The van der Waals surface area contributed by atoms with Gasteiger partial charge in [0.1, 0.15) is 11.1 Å². The summed E-state index contributed by atoms with van der Waals surface area (Å²) in [5.41, 5.74) is 0.0459. The van der Waals surface area contributed by atoms with Gasteiger partial charge in [-0.15, -0.1) is 0 Å². The van der Waals surface area contributed by atoms with Crippen LogP contribution in [0.3, 0.4) is 0 Å². The van der Waals surface area contributed by atoms with Gasteiger partial charge in [0.15, 0.2) is 0 Å². The van der Waals surface area contributed by atoms with Crippen LogP contribution in [0.1, 0.15) is 6.92 Å². The third-order valence-corrected chi connectivity index (χ3v) is 2.45. The number of halogens is 1. The molecular formula is C10H11ClN2O4. The summed E-state index contributed by atoms with van der Waals surface area (Å²) in [6, 6.07) is 4.03. The Hall–Kier alpha value is -1.66. The Labute approximate surface area is 103 Å². The number of amides is 1. The molecule has 1 amide bonds. The molecule has 0 bridgehead atoms. The summed E-state index contributed by atoms with van der Waals surface area (Å²) in [5.74, 6) is -0.385. The van der Waals surface area contributed by atoms with Gasteiger partial charge in [-0.05, 0) is 19.1 Å². The number of anilines is 1. The van der Waals surface area contributed by atoms with Gasteiger partial charge >= 0.3 is 0 Å². The van der Waals surface area contributed by atoms with E-state index in [1.807, 2.05) is 0 Å². The van der Waals surface area contributed by atoms with Crippen molar-refractivity contribution in [2.24, 2.45) is 0 Å². The first-order valence-corrected chi connectivity index (χ1v) is 5.11. The van der Waals surface area contributed by atoms with Crippen LogP contribution >= 0.6 is 11.6 Å². The Morgan fingerprint density at radius 2 is 2.24 bits per heavy atom. The minimum Gasteiger partial charge on any atom is -0.372 e. The number of hydrogen-bond donors (Lipinski definition) is 1. The summed E-state index contributed by atoms with van der Waals surface area (Å²) in [6.45, 7) is 1.57. The molecule has 6 nitrogen and oxygen atoms in total. The van der Waals surface area contributed by atoms with E-state index in [4.69, 9.17) is 16.3 Å². The lowest BCUT2D eigenvalue weighted by Gasteiger charge is -2.10. The van der Waals surface area contributed by atoms with Gasteiger partial charge in [0, 0.05) is 18.9 Å². The zero-order valence-electron chi connectivity index (χ0n) is 9.27. The average molecular weight is 259 g/mol. The van der Waals surface area contributed by atoms with Crippen LogP contribution in [0.4, 0.5) is 11.4 Å². The highest BCUT2D eigenvalue weighted by Gasteiger charge is 2.16. The van der Waals surface area contributed by atoms with Crippen LogP contribution < -0.4 is 5.32 Å². The Morgan fingerprint density at radius 3 is 2.76 bits per heavy atom. The molecule has 1 aromatic rings. The molecule has 0 aliphatic rings. The number of carbonyl (C=O) groups excluding carboxylic acids is 1. The Bertz CT molecular complexity index is 450. The van der Waals surface area contributed by atoms with Crippen LogP contribution in [-0.2, 0) is 9.53 Å². The topological polar surface area (TPSA) is 81.5 Å². The summed E-state index contributed by atoms with van der Waals surface area (Å²) in [5, 5.41) is 13.1. The zero-order valence-corrected chi connectivity index (χ0v) is 10.0. The first-order chi connectivity index (χ1) is 7.95. The van der Waals surface area contributed by atoms with Crippen LogP contribution in [-0.4, -0.2) is 24.0 Å². The third-order valence-electron chi connectivity index (χ3n) is 2.13. The van der Waals surface area contributed by atoms with Crippen molar-refractivity contribution in [2.45, 2.75) is 13.0 Å². The smallest absolute Gasteiger partial charge is 0.289 e. The highest BCUT2D eigenvalue weighted by molar-refractivity contribution is 6.32. The molecule has 0 aliphatic heterocycles. The van der Waals surface area contributed by atoms with Crippen molar-refractivity contribution in [1.82, 2.24) is 0 Å². The molecule has 0 radical (unpaired) electrons. The van der Waals surface area contributed by atoms with E-state index in [-0.39, 0.29) is 16.6 Å². The quantitative estimate of drug-likeness (QED) is 0.663. The van der Waals surface area contributed by atoms with Crippen LogP contribution in [0.25, 0.3) is 0 Å². The summed E-state index contributed by atoms with van der Waals surface area (Å²) in [7, 11) is 1.40. The molecular weight excluding hydrogens is 248 g/mol. The number of ether oxygens (including phenoxy) is 1. The maximum Gasteiger partial charge on any atom is 0.289 e. The van der Waals surface area contributed by atoms with Crippen LogP contribution in [0.2, 0.25) is 5.02 Å². The normalized spacial score (nSPS) is 11.9. The van der Waals surface area contributed by atoms with Crippen molar-refractivity contribution in [1.29, 1.82) is 0 Å². The third kappa shape index (κ3) is 3.40. The van der Waals surface area contributed by atoms with Gasteiger partial charge in [-0.1, -0.05) is 11.6 Å². The van der Waals surface area contributed by atoms with Gasteiger partial charge in [-0.3, -0.25) is 14.9 Å². The van der Waals surface area contributed by atoms with Crippen molar-refractivity contribution < 1.29 is 14.5 Å². The Morgan fingerprint density at radius 1 is 1.59 bits per heavy atom. The largest absolute Gasteiger partial charge is 0.372 e. The maximum absolute atomic E-state index is 11.5. The lowest BCUT2D eigenvalue weighted by Crippen LogP contribution is -2.26. The van der Waals surface area contributed by atoms with Gasteiger partial charge < -0.3 is 10.1 Å². The van der Waals surface area contributed by atoms with Crippen molar-refractivity contribution in [2.75, 3.05) is 12.4 Å². The Kier molecular flexibility index (Phi) is 4.42. The predicted molar refractivity (Wildman–Crippen MR) is 63.2 cm³/mol. The number of nitrogens with zero attached hydrogens (tertiary/aromatic N) is 1. The fourth-order valence-electron chi connectivity index (χ4n) is 1.08. The number of nitro benzene ring substituents is 1. The highest BCUT2D eigenvalue weighted by Crippen LogP contribution is 2.27. The van der Waals surface area contributed by atoms with Crippen molar-refractivity contribution in [3.8, 4) is 0 Å². The van der Waals surface area contributed by atoms with Crippen molar-refractivity contribution in [3.63, 3.8) is 0 Å². The number of nitrogens with one attached hydrogen (secondary N) is 1. The molecule has 17 heavy (non-hydrogen) atoms. The molecule has 0 saturated heterocycles. The molecule has 1 rings (SSSR count). The standard InChI is InChI=1S/C10H11ClN2O4/c1-6(17-2)10(14)12-7-3-4-8(11)9(5-7)13(15)16/h3-6H,1-2H3,(H,12,14). The maximum atomic E-state index is 11.5. The van der Waals surface area contributed by atoms with Crippen molar-refractivity contribution >= 4 is 28.9 Å². The molecule has 0 aromatic heterocycles. The van der Waals surface area contributed by atoms with E-state index in [1.165, 1.54) is 25.3 Å². The second kappa shape index (κ2) is 5.60. The number of nitro groups is 1. The van der Waals surface area contributed by atoms with Crippen LogP contribution in [0, 0.1) is 10.1 Å². The molecule has 0 saturated carbocycles. The minimum absolute atomic E-state index is 0.0211. The molecule has 1 unspecified atom stereocenters. The number of hydrogen-bond acceptors (Lipinski definition) is 4. The molecule has 1 atom stereocenters. The number of benzene rings is 1. The van der Waals surface area contributed by atoms with E-state index >= 15 is 0 Å². The summed E-state index contributed by atoms with van der Waals surface area (Å²) in [6.07, 6.45) is -0.635. The number of carbonyl (C=O) groups is 1. The molecule has 0 heterocycles. The highest BCUT2D eigenvalue weighted by atomic mass is 35.5. The van der Waals surface area contributed by atoms with Gasteiger partial charge in [0.05, 0.1) is 4.92 Å². The molecule has 0 fully saturated rings. The first-order valence-electron chi connectivity index (χ1n) is 4.73. The fraction of sp³-hybridized carbons (Fsp3) is 0.300. The van der Waals surface area contributed by atoms with Gasteiger partial charge in [0.25, 0.3) is 11.6 Å².